The van der Waals surface area contributed by atoms with Crippen LogP contribution in [0.5, 0.6) is 0 Å². The van der Waals surface area contributed by atoms with Gasteiger partial charge in [-0.15, -0.1) is 11.3 Å². The van der Waals surface area contributed by atoms with Crippen molar-refractivity contribution in [3.63, 3.8) is 0 Å². The van der Waals surface area contributed by atoms with Gasteiger partial charge in [-0.25, -0.2) is 0 Å². The Balaban J connectivity index is 1.04. The zero-order chi connectivity index (χ0) is 60.6. The summed E-state index contributed by atoms with van der Waals surface area (Å²) in [6, 6.07) is 72.0. The first-order valence-corrected chi connectivity index (χ1v) is 32.5. The molecule has 0 spiro atoms. The predicted octanol–water partition coefficient (Wildman–Crippen LogP) is 21.7. The SMILES string of the molecule is CC(C)(C)c1ccc(N2B3c4cc5c(cc4-n4c6ccc(C(C)(C)C)cc6c6c7c(c(c3c64)-c3cc4c(cc32)sc2ccc(N(c3ccc(C(C)(C)C)cc3)c3ccc(C(C)(C)C)cc3)cc24)-c2ccccc2C7(C)C)-c2ccccc2C5(C)C)cc1. The summed E-state index contributed by atoms with van der Waals surface area (Å²) in [6.45, 7) is 37.7. The second-order valence-corrected chi connectivity index (χ2v) is 32.1. The number of benzene rings is 10. The number of hydrogen-bond acceptors (Lipinski definition) is 3. The third-order valence-electron chi connectivity index (χ3n) is 20.8. The molecular formula is C82H78BN3S. The second-order valence-electron chi connectivity index (χ2n) is 31.0. The fraction of sp³-hybridized carbons (Fsp3) is 0.268. The van der Waals surface area contributed by atoms with Gasteiger partial charge in [0.05, 0.1) is 11.0 Å². The molecule has 0 atom stereocenters. The highest BCUT2D eigenvalue weighted by Crippen LogP contribution is 2.61. The minimum Gasteiger partial charge on any atom is -0.376 e. The standard InChI is InChI=1S/C82H78BN3S/c1-77(2,3)47-25-32-51(33-26-47)84(52-34-27-48(28-35-52)78(4,5)6)54-38-40-69-58(42-54)59-43-61-67(46-70(59)87-69)86(53-36-29-49(30-37-53)79(7,8)9)83-65-45-64-57(55-21-17-19-23-62(55)81(64,13)14)44-68(65)85-66-39-31-50(80(10,11)12)41-60(66)73-74-71(72(61)75(83)76(73)85)56-22-18-20-24-63(56)82(74,15)16/h17-46H,1-16H3. The summed E-state index contributed by atoms with van der Waals surface area (Å²) in [5, 5.41) is 5.31. The molecule has 0 unspecified atom stereocenters. The molecule has 2 aromatic heterocycles. The normalized spacial score (nSPS) is 15.3. The van der Waals surface area contributed by atoms with Crippen LogP contribution in [-0.4, -0.2) is 11.4 Å². The van der Waals surface area contributed by atoms with Crippen LogP contribution >= 0.6 is 11.3 Å². The maximum atomic E-state index is 2.78. The molecule has 10 aromatic carbocycles. The number of fused-ring (bicyclic) bond motifs is 19. The van der Waals surface area contributed by atoms with Gasteiger partial charge in [-0.3, -0.25) is 0 Å². The quantitative estimate of drug-likeness (QED) is 0.163. The molecule has 0 radical (unpaired) electrons. The Morgan fingerprint density at radius 1 is 0.414 bits per heavy atom. The maximum Gasteiger partial charge on any atom is 0.333 e. The summed E-state index contributed by atoms with van der Waals surface area (Å²) in [6.07, 6.45) is 0. The van der Waals surface area contributed by atoms with Gasteiger partial charge in [-0.2, -0.15) is 0 Å². The minimum absolute atomic E-state index is 0.00724. The van der Waals surface area contributed by atoms with E-state index in [0.717, 1.165) is 17.1 Å². The monoisotopic (exact) mass is 1150 g/mol. The first kappa shape index (κ1) is 54.3. The molecule has 0 N–H and O–H groups in total. The van der Waals surface area contributed by atoms with Crippen molar-refractivity contribution in [2.24, 2.45) is 0 Å². The van der Waals surface area contributed by atoms with E-state index in [-0.39, 0.29) is 39.3 Å². The highest BCUT2D eigenvalue weighted by molar-refractivity contribution is 7.26. The van der Waals surface area contributed by atoms with Crippen LogP contribution in [0.2, 0.25) is 0 Å². The summed E-state index contributed by atoms with van der Waals surface area (Å²) in [5.41, 5.74) is 31.2. The van der Waals surface area contributed by atoms with Crippen LogP contribution < -0.4 is 20.6 Å². The Hall–Kier alpha value is -8.12. The molecule has 0 amide bonds. The Kier molecular flexibility index (Phi) is 11.1. The molecule has 4 heterocycles. The van der Waals surface area contributed by atoms with E-state index in [1.165, 1.54) is 148 Å². The van der Waals surface area contributed by atoms with Crippen LogP contribution in [-0.2, 0) is 32.5 Å². The summed E-state index contributed by atoms with van der Waals surface area (Å²) in [4.78, 5) is 5.25. The van der Waals surface area contributed by atoms with Crippen molar-refractivity contribution < 1.29 is 0 Å². The molecule has 0 saturated heterocycles. The van der Waals surface area contributed by atoms with Crippen molar-refractivity contribution in [3.05, 3.63) is 226 Å². The van der Waals surface area contributed by atoms with Gasteiger partial charge in [0.15, 0.2) is 0 Å². The molecule has 87 heavy (non-hydrogen) atoms. The smallest absolute Gasteiger partial charge is 0.333 e. The van der Waals surface area contributed by atoms with Gasteiger partial charge in [-0.05, 0) is 190 Å². The maximum absolute atomic E-state index is 2.78. The summed E-state index contributed by atoms with van der Waals surface area (Å²) in [5.74, 6) is 0. The predicted molar refractivity (Wildman–Crippen MR) is 377 cm³/mol. The van der Waals surface area contributed by atoms with E-state index in [9.17, 15) is 0 Å². The first-order chi connectivity index (χ1) is 41.2. The minimum atomic E-state index is -0.303. The van der Waals surface area contributed by atoms with Gasteiger partial charge in [0, 0.05) is 81.5 Å². The van der Waals surface area contributed by atoms with Crippen molar-refractivity contribution in [2.75, 3.05) is 9.71 Å². The van der Waals surface area contributed by atoms with E-state index >= 15 is 0 Å². The van der Waals surface area contributed by atoms with Crippen LogP contribution in [0, 0.1) is 0 Å². The fourth-order valence-corrected chi connectivity index (χ4v) is 17.1. The summed E-state index contributed by atoms with van der Waals surface area (Å²) < 4.78 is 5.32. The molecule has 5 heteroatoms. The number of anilines is 5. The van der Waals surface area contributed by atoms with Gasteiger partial charge in [-0.1, -0.05) is 208 Å². The molecule has 430 valence electrons. The topological polar surface area (TPSA) is 11.4 Å². The lowest BCUT2D eigenvalue weighted by Gasteiger charge is -2.43. The molecule has 4 aliphatic rings. The Morgan fingerprint density at radius 2 is 0.954 bits per heavy atom. The highest BCUT2D eigenvalue weighted by Gasteiger charge is 2.51. The van der Waals surface area contributed by atoms with E-state index in [2.05, 4.69) is 307 Å². The van der Waals surface area contributed by atoms with Gasteiger partial charge in [0.2, 0.25) is 0 Å². The van der Waals surface area contributed by atoms with Crippen LogP contribution in [0.3, 0.4) is 0 Å². The first-order valence-electron chi connectivity index (χ1n) is 31.7. The lowest BCUT2D eigenvalue weighted by atomic mass is 9.43. The van der Waals surface area contributed by atoms with E-state index in [4.69, 9.17) is 0 Å². The fourth-order valence-electron chi connectivity index (χ4n) is 16.0. The van der Waals surface area contributed by atoms with Crippen LogP contribution in [0.1, 0.15) is 155 Å². The summed E-state index contributed by atoms with van der Waals surface area (Å²) in [7, 11) is 0. The Morgan fingerprint density at radius 3 is 1.56 bits per heavy atom. The summed E-state index contributed by atoms with van der Waals surface area (Å²) >= 11 is 1.93. The van der Waals surface area contributed by atoms with Crippen molar-refractivity contribution in [1.29, 1.82) is 0 Å². The number of rotatable bonds is 4. The Labute approximate surface area is 519 Å². The third-order valence-corrected chi connectivity index (χ3v) is 21.9. The van der Waals surface area contributed by atoms with E-state index in [1.54, 1.807) is 0 Å². The molecule has 0 bridgehead atoms. The van der Waals surface area contributed by atoms with Crippen molar-refractivity contribution in [3.8, 4) is 39.1 Å². The van der Waals surface area contributed by atoms with Gasteiger partial charge in [0.1, 0.15) is 0 Å². The van der Waals surface area contributed by atoms with Gasteiger partial charge < -0.3 is 14.3 Å². The van der Waals surface area contributed by atoms with Crippen molar-refractivity contribution in [2.45, 2.75) is 143 Å². The number of thiophene rings is 1. The molecule has 2 aliphatic carbocycles. The van der Waals surface area contributed by atoms with Crippen molar-refractivity contribution >= 4 is 99.5 Å². The molecule has 2 aliphatic heterocycles. The zero-order valence-corrected chi connectivity index (χ0v) is 54.5. The average molecular weight is 1150 g/mol. The van der Waals surface area contributed by atoms with Gasteiger partial charge >= 0.3 is 6.85 Å². The van der Waals surface area contributed by atoms with Crippen LogP contribution in [0.4, 0.5) is 28.4 Å². The number of nitrogens with zero attached hydrogens (tertiary/aromatic N) is 3. The zero-order valence-electron chi connectivity index (χ0n) is 53.6. The molecule has 0 saturated carbocycles. The van der Waals surface area contributed by atoms with Crippen molar-refractivity contribution in [1.82, 2.24) is 4.57 Å². The van der Waals surface area contributed by atoms with Gasteiger partial charge in [0.25, 0.3) is 0 Å². The lowest BCUT2D eigenvalue weighted by molar-refractivity contribution is 0.590. The largest absolute Gasteiger partial charge is 0.376 e. The van der Waals surface area contributed by atoms with Crippen LogP contribution in [0.25, 0.3) is 81.0 Å². The molecule has 3 nitrogen and oxygen atoms in total. The molecule has 12 aromatic rings. The number of aromatic nitrogens is 1. The molecule has 0 fully saturated rings. The molecular weight excluding hydrogens is 1070 g/mol. The Bertz CT molecular complexity index is 4880. The number of hydrogen-bond donors (Lipinski definition) is 0. The average Bonchev–Trinajstić information content (AvgIpc) is 1.54. The van der Waals surface area contributed by atoms with E-state index < -0.39 is 0 Å². The van der Waals surface area contributed by atoms with Crippen LogP contribution in [0.15, 0.2) is 182 Å². The second kappa shape index (κ2) is 17.8. The van der Waals surface area contributed by atoms with E-state index in [1.807, 2.05) is 11.3 Å². The lowest BCUT2D eigenvalue weighted by Crippen LogP contribution is -2.61. The third kappa shape index (κ3) is 7.67. The molecule has 16 rings (SSSR count). The van der Waals surface area contributed by atoms with E-state index in [0.29, 0.717) is 0 Å². The highest BCUT2D eigenvalue weighted by atomic mass is 32.1.